The maximum Gasteiger partial charge on any atom is 0.0336 e. The van der Waals surface area contributed by atoms with Crippen molar-refractivity contribution in [3.05, 3.63) is 23.8 Å². The second kappa shape index (κ2) is 8.54. The molecule has 0 N–H and O–H groups in total. The molecule has 0 rings (SSSR count). The molecule has 0 aromatic heterocycles. The zero-order chi connectivity index (χ0) is 12.6. The van der Waals surface area contributed by atoms with Gasteiger partial charge >= 0.3 is 0 Å². The van der Waals surface area contributed by atoms with E-state index in [4.69, 9.17) is 0 Å². The average Bonchev–Trinajstić information content (AvgIpc) is 2.17. The molecule has 0 bridgehead atoms. The normalized spacial score (nSPS) is 15.4. The lowest BCUT2D eigenvalue weighted by molar-refractivity contribution is 0.326. The van der Waals surface area contributed by atoms with E-state index in [0.717, 1.165) is 19.4 Å². The SMILES string of the molecule is CCC=C(/C=C\CN(C)C)C(CC)N(C)C. The van der Waals surface area contributed by atoms with Gasteiger partial charge in [-0.2, -0.15) is 0 Å². The van der Waals surface area contributed by atoms with Crippen LogP contribution in [-0.4, -0.2) is 50.6 Å². The molecule has 0 aromatic carbocycles. The van der Waals surface area contributed by atoms with Crippen LogP contribution in [0.25, 0.3) is 0 Å². The lowest BCUT2D eigenvalue weighted by Gasteiger charge is -2.24. The highest BCUT2D eigenvalue weighted by Gasteiger charge is 2.11. The Bertz CT molecular complexity index is 227. The van der Waals surface area contributed by atoms with Gasteiger partial charge in [-0.15, -0.1) is 0 Å². The number of allylic oxidation sites excluding steroid dienone is 1. The van der Waals surface area contributed by atoms with Crippen LogP contribution < -0.4 is 0 Å². The van der Waals surface area contributed by atoms with Crippen LogP contribution in [0.4, 0.5) is 0 Å². The maximum atomic E-state index is 2.33. The molecule has 0 saturated carbocycles. The minimum absolute atomic E-state index is 0.540. The van der Waals surface area contributed by atoms with Gasteiger partial charge < -0.3 is 9.80 Å². The van der Waals surface area contributed by atoms with Crippen LogP contribution in [0.1, 0.15) is 26.7 Å². The Balaban J connectivity index is 4.60. The smallest absolute Gasteiger partial charge is 0.0336 e. The van der Waals surface area contributed by atoms with E-state index in [1.807, 2.05) is 0 Å². The number of hydrogen-bond acceptors (Lipinski definition) is 2. The van der Waals surface area contributed by atoms with Crippen LogP contribution in [0.3, 0.4) is 0 Å². The minimum atomic E-state index is 0.540. The molecule has 0 fully saturated rings. The summed E-state index contributed by atoms with van der Waals surface area (Å²) >= 11 is 0. The topological polar surface area (TPSA) is 6.48 Å². The highest BCUT2D eigenvalue weighted by atomic mass is 15.1. The molecular weight excluding hydrogens is 196 g/mol. The predicted molar refractivity (Wildman–Crippen MR) is 73.8 cm³/mol. The molecule has 1 unspecified atom stereocenters. The predicted octanol–water partition coefficient (Wildman–Crippen LogP) is 2.78. The fourth-order valence-electron chi connectivity index (χ4n) is 1.85. The molecule has 0 aliphatic heterocycles. The second-order valence-electron chi connectivity index (χ2n) is 4.66. The summed E-state index contributed by atoms with van der Waals surface area (Å²) in [4.78, 5) is 4.47. The molecule has 94 valence electrons. The van der Waals surface area contributed by atoms with Crippen molar-refractivity contribution in [2.45, 2.75) is 32.7 Å². The van der Waals surface area contributed by atoms with E-state index in [2.05, 4.69) is 70.1 Å². The summed E-state index contributed by atoms with van der Waals surface area (Å²) in [5.41, 5.74) is 1.44. The van der Waals surface area contributed by atoms with Crippen molar-refractivity contribution >= 4 is 0 Å². The lowest BCUT2D eigenvalue weighted by Crippen LogP contribution is -2.28. The zero-order valence-electron chi connectivity index (χ0n) is 11.8. The Labute approximate surface area is 102 Å². The van der Waals surface area contributed by atoms with Crippen molar-refractivity contribution in [2.75, 3.05) is 34.7 Å². The zero-order valence-corrected chi connectivity index (χ0v) is 11.8. The third-order valence-electron chi connectivity index (χ3n) is 2.62. The van der Waals surface area contributed by atoms with E-state index >= 15 is 0 Å². The maximum absolute atomic E-state index is 2.33. The van der Waals surface area contributed by atoms with E-state index in [1.54, 1.807) is 0 Å². The molecule has 16 heavy (non-hydrogen) atoms. The Morgan fingerprint density at radius 1 is 1.12 bits per heavy atom. The van der Waals surface area contributed by atoms with Crippen LogP contribution in [0.2, 0.25) is 0 Å². The molecule has 0 spiro atoms. The van der Waals surface area contributed by atoms with Crippen LogP contribution in [0.5, 0.6) is 0 Å². The van der Waals surface area contributed by atoms with Gasteiger partial charge in [-0.05, 0) is 46.6 Å². The van der Waals surface area contributed by atoms with Crippen LogP contribution >= 0.6 is 0 Å². The number of likely N-dealkylation sites (N-methyl/N-ethyl adjacent to an activating group) is 2. The first kappa shape index (κ1) is 15.4. The molecule has 0 radical (unpaired) electrons. The van der Waals surface area contributed by atoms with Gasteiger partial charge in [0.15, 0.2) is 0 Å². The summed E-state index contributed by atoms with van der Waals surface area (Å²) in [7, 11) is 8.49. The van der Waals surface area contributed by atoms with Gasteiger partial charge in [0.25, 0.3) is 0 Å². The van der Waals surface area contributed by atoms with Gasteiger partial charge in [0, 0.05) is 12.6 Å². The van der Waals surface area contributed by atoms with E-state index in [0.29, 0.717) is 6.04 Å². The van der Waals surface area contributed by atoms with E-state index in [-0.39, 0.29) is 0 Å². The monoisotopic (exact) mass is 224 g/mol. The first-order chi connectivity index (χ1) is 7.52. The van der Waals surface area contributed by atoms with Crippen molar-refractivity contribution in [3.8, 4) is 0 Å². The van der Waals surface area contributed by atoms with Crippen molar-refractivity contribution in [1.29, 1.82) is 0 Å². The fraction of sp³-hybridized carbons (Fsp3) is 0.714. The Hall–Kier alpha value is -0.600. The molecular formula is C14H28N2. The second-order valence-corrected chi connectivity index (χ2v) is 4.66. The Morgan fingerprint density at radius 2 is 1.75 bits per heavy atom. The first-order valence-corrected chi connectivity index (χ1v) is 6.20. The highest BCUT2D eigenvalue weighted by Crippen LogP contribution is 2.14. The number of rotatable bonds is 7. The van der Waals surface area contributed by atoms with Crippen molar-refractivity contribution in [2.24, 2.45) is 0 Å². The third-order valence-corrected chi connectivity index (χ3v) is 2.62. The average molecular weight is 224 g/mol. The van der Waals surface area contributed by atoms with Crippen molar-refractivity contribution in [1.82, 2.24) is 9.80 Å². The van der Waals surface area contributed by atoms with Gasteiger partial charge in [-0.25, -0.2) is 0 Å². The summed E-state index contributed by atoms with van der Waals surface area (Å²) in [6, 6.07) is 0.540. The number of hydrogen-bond donors (Lipinski definition) is 0. The Kier molecular flexibility index (Phi) is 8.22. The van der Waals surface area contributed by atoms with Gasteiger partial charge in [0.2, 0.25) is 0 Å². The summed E-state index contributed by atoms with van der Waals surface area (Å²) in [6.45, 7) is 5.45. The van der Waals surface area contributed by atoms with Crippen LogP contribution in [-0.2, 0) is 0 Å². The molecule has 0 aliphatic carbocycles. The first-order valence-electron chi connectivity index (χ1n) is 6.20. The number of nitrogens with zero attached hydrogens (tertiary/aromatic N) is 2. The highest BCUT2D eigenvalue weighted by molar-refractivity contribution is 5.24. The molecule has 2 heteroatoms. The largest absolute Gasteiger partial charge is 0.306 e. The lowest BCUT2D eigenvalue weighted by atomic mass is 10.0. The fourth-order valence-corrected chi connectivity index (χ4v) is 1.85. The van der Waals surface area contributed by atoms with Crippen molar-refractivity contribution in [3.63, 3.8) is 0 Å². The van der Waals surface area contributed by atoms with Gasteiger partial charge in [-0.3, -0.25) is 0 Å². The van der Waals surface area contributed by atoms with Gasteiger partial charge in [0.1, 0.15) is 0 Å². The Morgan fingerprint density at radius 3 is 2.12 bits per heavy atom. The molecule has 0 aliphatic rings. The van der Waals surface area contributed by atoms with E-state index in [9.17, 15) is 0 Å². The summed E-state index contributed by atoms with van der Waals surface area (Å²) in [5.74, 6) is 0. The van der Waals surface area contributed by atoms with E-state index in [1.165, 1.54) is 5.57 Å². The van der Waals surface area contributed by atoms with Gasteiger partial charge in [0.05, 0.1) is 0 Å². The van der Waals surface area contributed by atoms with Crippen LogP contribution in [0, 0.1) is 0 Å². The molecule has 2 nitrogen and oxygen atoms in total. The molecule has 1 atom stereocenters. The molecule has 0 saturated heterocycles. The summed E-state index contributed by atoms with van der Waals surface area (Å²) in [5, 5.41) is 0. The standard InChI is InChI=1S/C14H28N2/c1-7-10-13(11-9-12-15(3)4)14(8-2)16(5)6/h9-11,14H,7-8,12H2,1-6H3/b11-9-,13-10?. The minimum Gasteiger partial charge on any atom is -0.306 e. The third kappa shape index (κ3) is 6.09. The van der Waals surface area contributed by atoms with Crippen molar-refractivity contribution < 1.29 is 0 Å². The summed E-state index contributed by atoms with van der Waals surface area (Å²) in [6.07, 6.45) is 9.11. The van der Waals surface area contributed by atoms with Gasteiger partial charge in [-0.1, -0.05) is 32.1 Å². The van der Waals surface area contributed by atoms with Crippen LogP contribution in [0.15, 0.2) is 23.8 Å². The molecule has 0 aromatic rings. The molecule has 0 amide bonds. The quantitative estimate of drug-likeness (QED) is 0.614. The molecule has 0 heterocycles. The van der Waals surface area contributed by atoms with E-state index < -0.39 is 0 Å². The summed E-state index contributed by atoms with van der Waals surface area (Å²) < 4.78 is 0.